The van der Waals surface area contributed by atoms with Crippen LogP contribution in [0.15, 0.2) is 83.0 Å². The highest BCUT2D eigenvalue weighted by atomic mass is 16.6. The van der Waals surface area contributed by atoms with Gasteiger partial charge in [-0.05, 0) is 17.7 Å². The quantitative estimate of drug-likeness (QED) is 0.227. The third-order valence-corrected chi connectivity index (χ3v) is 4.89. The van der Waals surface area contributed by atoms with Crippen LogP contribution in [0.4, 0.5) is 5.69 Å². The van der Waals surface area contributed by atoms with Crippen LogP contribution in [0.25, 0.3) is 5.76 Å². The molecular formula is C22H16N2O6. The normalized spacial score (nSPS) is 18.0. The molecule has 2 heterocycles. The van der Waals surface area contributed by atoms with E-state index in [2.05, 4.69) is 0 Å². The van der Waals surface area contributed by atoms with Gasteiger partial charge in [-0.15, -0.1) is 0 Å². The number of non-ortho nitro benzene ring substituents is 1. The Morgan fingerprint density at radius 3 is 2.50 bits per heavy atom. The van der Waals surface area contributed by atoms with Gasteiger partial charge in [0.15, 0.2) is 0 Å². The number of aliphatic hydroxyl groups excluding tert-OH is 1. The number of rotatable bonds is 5. The summed E-state index contributed by atoms with van der Waals surface area (Å²) in [5.41, 5.74) is 0.342. The van der Waals surface area contributed by atoms with E-state index < -0.39 is 28.4 Å². The molecule has 0 spiro atoms. The van der Waals surface area contributed by atoms with Gasteiger partial charge in [-0.3, -0.25) is 19.7 Å². The Hall–Kier alpha value is -4.20. The number of hydrogen-bond donors (Lipinski definition) is 1. The van der Waals surface area contributed by atoms with Gasteiger partial charge in [-0.1, -0.05) is 42.5 Å². The van der Waals surface area contributed by atoms with Crippen molar-refractivity contribution in [2.45, 2.75) is 12.6 Å². The molecule has 0 aliphatic carbocycles. The topological polar surface area (TPSA) is 114 Å². The maximum absolute atomic E-state index is 12.9. The zero-order valence-electron chi connectivity index (χ0n) is 15.6. The van der Waals surface area contributed by atoms with Crippen LogP contribution in [0.1, 0.15) is 22.9 Å². The molecule has 1 aliphatic heterocycles. The lowest BCUT2D eigenvalue weighted by Gasteiger charge is -2.24. The molecule has 8 nitrogen and oxygen atoms in total. The van der Waals surface area contributed by atoms with Gasteiger partial charge in [0, 0.05) is 17.7 Å². The van der Waals surface area contributed by atoms with E-state index in [1.165, 1.54) is 29.4 Å². The summed E-state index contributed by atoms with van der Waals surface area (Å²) in [7, 11) is 0. The molecule has 1 saturated heterocycles. The third kappa shape index (κ3) is 3.35. The van der Waals surface area contributed by atoms with Crippen LogP contribution in [0.2, 0.25) is 0 Å². The van der Waals surface area contributed by atoms with E-state index in [1.807, 2.05) is 0 Å². The molecule has 2 aromatic carbocycles. The molecule has 3 aromatic rings. The Kier molecular flexibility index (Phi) is 4.89. The van der Waals surface area contributed by atoms with Gasteiger partial charge in [-0.2, -0.15) is 0 Å². The first-order valence-corrected chi connectivity index (χ1v) is 9.08. The number of Topliss-reactive ketones (excluding diaryl/α,β-unsaturated/α-hetero) is 1. The van der Waals surface area contributed by atoms with Crippen LogP contribution in [-0.4, -0.2) is 26.6 Å². The van der Waals surface area contributed by atoms with E-state index >= 15 is 0 Å². The highest BCUT2D eigenvalue weighted by Crippen LogP contribution is 2.40. The fraction of sp³-hybridized carbons (Fsp3) is 0.0909. The van der Waals surface area contributed by atoms with Gasteiger partial charge >= 0.3 is 0 Å². The standard InChI is InChI=1S/C22H16N2O6/c25-20(15-8-4-9-16(12-15)24(28)29)18-19(14-6-2-1-3-7-14)23(22(27)21(18)26)13-17-10-5-11-30-17/h1-12,19,25H,13H2/t19-/m0/s1. The largest absolute Gasteiger partial charge is 0.507 e. The van der Waals surface area contributed by atoms with E-state index in [1.54, 1.807) is 42.5 Å². The summed E-state index contributed by atoms with van der Waals surface area (Å²) in [6.45, 7) is 0.0306. The fourth-order valence-corrected chi connectivity index (χ4v) is 3.52. The first kappa shape index (κ1) is 19.1. The van der Waals surface area contributed by atoms with Crippen molar-refractivity contribution in [2.24, 2.45) is 0 Å². The van der Waals surface area contributed by atoms with Gasteiger partial charge in [0.2, 0.25) is 0 Å². The second kappa shape index (κ2) is 7.67. The molecule has 1 amide bonds. The average Bonchev–Trinajstić information content (AvgIpc) is 3.36. The number of benzene rings is 2. The predicted octanol–water partition coefficient (Wildman–Crippen LogP) is 3.81. The molecule has 30 heavy (non-hydrogen) atoms. The number of nitro benzene ring substituents is 1. The average molecular weight is 404 g/mol. The second-order valence-electron chi connectivity index (χ2n) is 6.72. The van der Waals surface area contributed by atoms with Crippen LogP contribution >= 0.6 is 0 Å². The van der Waals surface area contributed by atoms with E-state index in [4.69, 9.17) is 4.42 Å². The van der Waals surface area contributed by atoms with Crippen LogP contribution in [0.3, 0.4) is 0 Å². The number of amides is 1. The second-order valence-corrected chi connectivity index (χ2v) is 6.72. The van der Waals surface area contributed by atoms with E-state index in [0.29, 0.717) is 11.3 Å². The number of ketones is 1. The number of carbonyl (C=O) groups excluding carboxylic acids is 2. The molecule has 1 N–H and O–H groups in total. The first-order valence-electron chi connectivity index (χ1n) is 9.08. The number of nitrogens with zero attached hydrogens (tertiary/aromatic N) is 2. The molecule has 1 aromatic heterocycles. The van der Waals surface area contributed by atoms with Gasteiger partial charge in [-0.25, -0.2) is 0 Å². The lowest BCUT2D eigenvalue weighted by molar-refractivity contribution is -0.384. The maximum Gasteiger partial charge on any atom is 0.296 e. The monoisotopic (exact) mass is 404 g/mol. The van der Waals surface area contributed by atoms with Crippen LogP contribution in [-0.2, 0) is 16.1 Å². The molecule has 0 radical (unpaired) electrons. The number of furan rings is 1. The molecule has 0 bridgehead atoms. The van der Waals surface area contributed by atoms with Crippen LogP contribution in [0, 0.1) is 10.1 Å². The predicted molar refractivity (Wildman–Crippen MR) is 106 cm³/mol. The highest BCUT2D eigenvalue weighted by molar-refractivity contribution is 6.46. The van der Waals surface area contributed by atoms with Crippen molar-refractivity contribution >= 4 is 23.1 Å². The Balaban J connectivity index is 1.87. The third-order valence-electron chi connectivity index (χ3n) is 4.89. The van der Waals surface area contributed by atoms with E-state index in [9.17, 15) is 24.8 Å². The highest BCUT2D eigenvalue weighted by Gasteiger charge is 2.46. The Labute approximate surface area is 170 Å². The number of likely N-dealkylation sites (tertiary alicyclic amines) is 1. The van der Waals surface area contributed by atoms with Crippen molar-refractivity contribution in [3.05, 3.63) is 106 Å². The zero-order chi connectivity index (χ0) is 21.3. The van der Waals surface area contributed by atoms with Gasteiger partial charge in [0.05, 0.1) is 29.3 Å². The summed E-state index contributed by atoms with van der Waals surface area (Å²) in [5, 5.41) is 22.0. The molecular weight excluding hydrogens is 388 g/mol. The van der Waals surface area contributed by atoms with Crippen molar-refractivity contribution < 1.29 is 24.0 Å². The summed E-state index contributed by atoms with van der Waals surface area (Å²) >= 11 is 0. The number of nitro groups is 1. The maximum atomic E-state index is 12.9. The smallest absolute Gasteiger partial charge is 0.296 e. The van der Waals surface area contributed by atoms with E-state index in [0.717, 1.165) is 6.07 Å². The lowest BCUT2D eigenvalue weighted by Crippen LogP contribution is -2.29. The Morgan fingerprint density at radius 1 is 1.07 bits per heavy atom. The Morgan fingerprint density at radius 2 is 1.83 bits per heavy atom. The molecule has 4 rings (SSSR count). The molecule has 150 valence electrons. The van der Waals surface area contributed by atoms with Gasteiger partial charge < -0.3 is 14.4 Å². The summed E-state index contributed by atoms with van der Waals surface area (Å²) < 4.78 is 5.33. The van der Waals surface area contributed by atoms with Gasteiger partial charge in [0.1, 0.15) is 11.5 Å². The van der Waals surface area contributed by atoms with Crippen molar-refractivity contribution in [3.63, 3.8) is 0 Å². The Bertz CT molecular complexity index is 1150. The molecule has 1 fully saturated rings. The van der Waals surface area contributed by atoms with E-state index in [-0.39, 0.29) is 23.4 Å². The zero-order valence-corrected chi connectivity index (χ0v) is 15.6. The summed E-state index contributed by atoms with van der Waals surface area (Å²) in [6, 6.07) is 16.6. The molecule has 0 saturated carbocycles. The first-order chi connectivity index (χ1) is 14.5. The van der Waals surface area contributed by atoms with Crippen molar-refractivity contribution in [1.29, 1.82) is 0 Å². The number of aliphatic hydroxyl groups is 1. The molecule has 8 heteroatoms. The molecule has 0 unspecified atom stereocenters. The van der Waals surface area contributed by atoms with Crippen LogP contribution in [0.5, 0.6) is 0 Å². The molecule has 1 atom stereocenters. The number of carbonyl (C=O) groups is 2. The summed E-state index contributed by atoms with van der Waals surface area (Å²) in [6.07, 6.45) is 1.46. The SMILES string of the molecule is O=C1C(=O)N(Cc2ccco2)[C@@H](c2ccccc2)C1=C(O)c1cccc([N+](=O)[O-])c1. The van der Waals surface area contributed by atoms with Crippen molar-refractivity contribution in [2.75, 3.05) is 0 Å². The van der Waals surface area contributed by atoms with Gasteiger partial charge in [0.25, 0.3) is 17.4 Å². The van der Waals surface area contributed by atoms with Crippen molar-refractivity contribution in [3.8, 4) is 0 Å². The fourth-order valence-electron chi connectivity index (χ4n) is 3.52. The molecule has 1 aliphatic rings. The summed E-state index contributed by atoms with van der Waals surface area (Å²) in [5.74, 6) is -1.63. The number of hydrogen-bond acceptors (Lipinski definition) is 6. The van der Waals surface area contributed by atoms with Crippen molar-refractivity contribution in [1.82, 2.24) is 4.90 Å². The lowest BCUT2D eigenvalue weighted by atomic mass is 9.95. The summed E-state index contributed by atoms with van der Waals surface area (Å²) in [4.78, 5) is 37.5. The van der Waals surface area contributed by atoms with Crippen LogP contribution < -0.4 is 0 Å². The minimum atomic E-state index is -0.865. The minimum absolute atomic E-state index is 0.0306. The minimum Gasteiger partial charge on any atom is -0.507 e.